The first-order chi connectivity index (χ1) is 8.93. The number of nitrogens with one attached hydrogen (secondary N) is 1. The molecule has 1 fully saturated rings. The first-order valence-corrected chi connectivity index (χ1v) is 7.07. The smallest absolute Gasteiger partial charge is 0.246 e. The maximum absolute atomic E-state index is 12.2. The third kappa shape index (κ3) is 4.19. The van der Waals surface area contributed by atoms with Gasteiger partial charge in [0, 0.05) is 12.0 Å². The molecule has 1 aliphatic carbocycles. The van der Waals surface area contributed by atoms with Crippen molar-refractivity contribution >= 4 is 11.8 Å². The minimum Gasteiger partial charge on any atom is -0.274 e. The molecule has 0 bridgehead atoms. The molecule has 0 saturated heterocycles. The van der Waals surface area contributed by atoms with Gasteiger partial charge in [-0.3, -0.25) is 9.63 Å². The number of hydroxylamine groups is 1. The van der Waals surface area contributed by atoms with Crippen LogP contribution in [-0.4, -0.2) is 18.5 Å². The highest BCUT2D eigenvalue weighted by Gasteiger charge is 2.41. The molecule has 3 unspecified atom stereocenters. The summed E-state index contributed by atoms with van der Waals surface area (Å²) >= 11 is 0. The molecule has 1 amide bonds. The maximum atomic E-state index is 12.2. The Balaban J connectivity index is 2.84. The maximum Gasteiger partial charge on any atom is 0.246 e. The summed E-state index contributed by atoms with van der Waals surface area (Å²) in [6, 6.07) is 0. The summed E-state index contributed by atoms with van der Waals surface area (Å²) < 4.78 is 0. The highest BCUT2D eigenvalue weighted by atomic mass is 16.6. The Bertz CT molecular complexity index is 360. The molecule has 0 spiro atoms. The van der Waals surface area contributed by atoms with E-state index >= 15 is 0 Å². The summed E-state index contributed by atoms with van der Waals surface area (Å²) in [4.78, 5) is 27.9. The lowest BCUT2D eigenvalue weighted by Crippen LogP contribution is -2.42. The predicted octanol–water partition coefficient (Wildman–Crippen LogP) is 2.52. The van der Waals surface area contributed by atoms with Crippen LogP contribution in [0.15, 0.2) is 6.08 Å². The van der Waals surface area contributed by atoms with Gasteiger partial charge >= 0.3 is 0 Å². The van der Waals surface area contributed by atoms with Crippen molar-refractivity contribution in [2.45, 2.75) is 47.0 Å². The van der Waals surface area contributed by atoms with Gasteiger partial charge in [0.15, 0.2) is 0 Å². The van der Waals surface area contributed by atoms with Crippen LogP contribution in [0.25, 0.3) is 0 Å². The lowest BCUT2D eigenvalue weighted by Gasteiger charge is -2.41. The summed E-state index contributed by atoms with van der Waals surface area (Å²) in [5.74, 6) is 2.51. The normalized spacial score (nSPS) is 30.8. The van der Waals surface area contributed by atoms with Gasteiger partial charge in [-0.25, -0.2) is 10.3 Å². The Hall–Kier alpha value is -1.12. The molecule has 4 heteroatoms. The predicted molar refractivity (Wildman–Crippen MR) is 73.8 cm³/mol. The quantitative estimate of drug-likeness (QED) is 0.615. The molecule has 3 atom stereocenters. The number of hydrogen-bond acceptors (Lipinski definition) is 3. The highest BCUT2D eigenvalue weighted by Crippen LogP contribution is 2.45. The van der Waals surface area contributed by atoms with Crippen LogP contribution < -0.4 is 5.48 Å². The van der Waals surface area contributed by atoms with E-state index in [4.69, 9.17) is 4.84 Å². The van der Waals surface area contributed by atoms with Crippen molar-refractivity contribution < 1.29 is 14.4 Å². The summed E-state index contributed by atoms with van der Waals surface area (Å²) in [5.41, 5.74) is 2.29. The molecule has 4 nitrogen and oxygen atoms in total. The molecule has 0 radical (unpaired) electrons. The van der Waals surface area contributed by atoms with Gasteiger partial charge in [0.1, 0.15) is 5.94 Å². The minimum absolute atomic E-state index is 0.0641. The SMILES string of the molecule is CCONC(=O)C1CC(C)(C=C=O)CCC1C(C)C. The van der Waals surface area contributed by atoms with Crippen LogP contribution >= 0.6 is 0 Å². The second-order valence-electron chi connectivity index (χ2n) is 6.07. The van der Waals surface area contributed by atoms with E-state index in [9.17, 15) is 9.59 Å². The van der Waals surface area contributed by atoms with E-state index in [0.29, 0.717) is 24.9 Å². The Morgan fingerprint density at radius 3 is 2.79 bits per heavy atom. The molecule has 1 N–H and O–H groups in total. The Labute approximate surface area is 115 Å². The topological polar surface area (TPSA) is 55.4 Å². The number of allylic oxidation sites excluding steroid dienone is 1. The van der Waals surface area contributed by atoms with E-state index < -0.39 is 0 Å². The molecule has 0 aromatic rings. The van der Waals surface area contributed by atoms with Crippen LogP contribution in [-0.2, 0) is 14.4 Å². The summed E-state index contributed by atoms with van der Waals surface area (Å²) in [7, 11) is 0. The standard InChI is InChI=1S/C15H25NO3/c1-5-19-16-14(18)13-10-15(4,8-9-17)7-6-12(13)11(2)3/h8,11-13H,5-7,10H2,1-4H3,(H,16,18). The second-order valence-corrected chi connectivity index (χ2v) is 6.07. The lowest BCUT2D eigenvalue weighted by atomic mass is 9.63. The lowest BCUT2D eigenvalue weighted by molar-refractivity contribution is -0.142. The van der Waals surface area contributed by atoms with E-state index in [0.717, 1.165) is 12.8 Å². The third-order valence-corrected chi connectivity index (χ3v) is 4.17. The Kier molecular flexibility index (Phi) is 5.77. The van der Waals surface area contributed by atoms with Crippen molar-refractivity contribution in [3.05, 3.63) is 6.08 Å². The van der Waals surface area contributed by atoms with Crippen molar-refractivity contribution in [1.82, 2.24) is 5.48 Å². The van der Waals surface area contributed by atoms with Gasteiger partial charge < -0.3 is 0 Å². The zero-order valence-electron chi connectivity index (χ0n) is 12.4. The van der Waals surface area contributed by atoms with E-state index in [2.05, 4.69) is 19.3 Å². The summed E-state index contributed by atoms with van der Waals surface area (Å²) in [5, 5.41) is 0. The molecular formula is C15H25NO3. The highest BCUT2D eigenvalue weighted by molar-refractivity contribution is 5.78. The van der Waals surface area contributed by atoms with E-state index in [1.807, 2.05) is 19.8 Å². The first-order valence-electron chi connectivity index (χ1n) is 7.07. The van der Waals surface area contributed by atoms with E-state index in [-0.39, 0.29) is 17.2 Å². The van der Waals surface area contributed by atoms with Crippen LogP contribution in [0, 0.1) is 23.2 Å². The van der Waals surface area contributed by atoms with Gasteiger partial charge in [-0.1, -0.05) is 20.8 Å². The monoisotopic (exact) mass is 267 g/mol. The first kappa shape index (κ1) is 15.9. The number of rotatable bonds is 5. The fourth-order valence-corrected chi connectivity index (χ4v) is 3.03. The van der Waals surface area contributed by atoms with Gasteiger partial charge in [-0.05, 0) is 43.4 Å². The summed E-state index contributed by atoms with van der Waals surface area (Å²) in [6.07, 6.45) is 4.15. The number of amides is 1. The van der Waals surface area contributed by atoms with Crippen LogP contribution in [0.4, 0.5) is 0 Å². The average Bonchev–Trinajstić information content (AvgIpc) is 2.35. The van der Waals surface area contributed by atoms with Crippen molar-refractivity contribution in [2.24, 2.45) is 23.2 Å². The van der Waals surface area contributed by atoms with E-state index in [1.165, 1.54) is 0 Å². The molecule has 0 heterocycles. The molecule has 19 heavy (non-hydrogen) atoms. The van der Waals surface area contributed by atoms with Gasteiger partial charge in [0.25, 0.3) is 0 Å². The van der Waals surface area contributed by atoms with Crippen molar-refractivity contribution in [1.29, 1.82) is 0 Å². The Morgan fingerprint density at radius 1 is 1.58 bits per heavy atom. The van der Waals surface area contributed by atoms with Gasteiger partial charge in [0.2, 0.25) is 5.91 Å². The molecule has 0 aromatic carbocycles. The molecular weight excluding hydrogens is 242 g/mol. The van der Waals surface area contributed by atoms with Crippen molar-refractivity contribution in [3.8, 4) is 0 Å². The zero-order chi connectivity index (χ0) is 14.5. The van der Waals surface area contributed by atoms with Crippen molar-refractivity contribution in [3.63, 3.8) is 0 Å². The average molecular weight is 267 g/mol. The minimum atomic E-state index is -0.221. The van der Waals surface area contributed by atoms with Crippen LogP contribution in [0.1, 0.15) is 47.0 Å². The number of carbonyl (C=O) groups is 1. The molecule has 0 aromatic heterocycles. The molecule has 1 rings (SSSR count). The Morgan fingerprint density at radius 2 is 2.26 bits per heavy atom. The van der Waals surface area contributed by atoms with Gasteiger partial charge in [0.05, 0.1) is 6.61 Å². The van der Waals surface area contributed by atoms with Crippen LogP contribution in [0.2, 0.25) is 0 Å². The largest absolute Gasteiger partial charge is 0.274 e. The zero-order valence-corrected chi connectivity index (χ0v) is 12.4. The number of hydrogen-bond donors (Lipinski definition) is 1. The van der Waals surface area contributed by atoms with Gasteiger partial charge in [-0.15, -0.1) is 0 Å². The molecule has 0 aliphatic heterocycles. The number of carbonyl (C=O) groups excluding carboxylic acids is 2. The second kappa shape index (κ2) is 6.88. The molecule has 108 valence electrons. The van der Waals surface area contributed by atoms with Crippen LogP contribution in [0.5, 0.6) is 0 Å². The summed E-state index contributed by atoms with van der Waals surface area (Å²) in [6.45, 7) is 8.60. The van der Waals surface area contributed by atoms with Crippen molar-refractivity contribution in [2.75, 3.05) is 6.61 Å². The molecule has 1 aliphatic rings. The molecule has 1 saturated carbocycles. The van der Waals surface area contributed by atoms with Gasteiger partial charge in [-0.2, -0.15) is 0 Å². The third-order valence-electron chi connectivity index (χ3n) is 4.17. The fourth-order valence-electron chi connectivity index (χ4n) is 3.03. The van der Waals surface area contributed by atoms with E-state index in [1.54, 1.807) is 6.08 Å². The fraction of sp³-hybridized carbons (Fsp3) is 0.800. The van der Waals surface area contributed by atoms with Crippen LogP contribution in [0.3, 0.4) is 0 Å².